The van der Waals surface area contributed by atoms with Gasteiger partial charge in [-0.15, -0.1) is 0 Å². The van der Waals surface area contributed by atoms with E-state index in [4.69, 9.17) is 5.11 Å². The number of aliphatic hydroxyl groups excluding tert-OH is 1. The molecule has 2 saturated carbocycles. The third kappa shape index (κ3) is 4.28. The van der Waals surface area contributed by atoms with Crippen LogP contribution in [0.3, 0.4) is 0 Å². The van der Waals surface area contributed by atoms with Crippen LogP contribution in [0.5, 0.6) is 0 Å². The predicted octanol–water partition coefficient (Wildman–Crippen LogP) is 1.48. The van der Waals surface area contributed by atoms with Crippen molar-refractivity contribution in [1.82, 2.24) is 4.90 Å². The Hall–Kier alpha value is -0.610. The first-order valence-electron chi connectivity index (χ1n) is 6.79. The minimum atomic E-state index is -0.787. The Balaban J connectivity index is 1.73. The smallest absolute Gasteiger partial charge is 0.317 e. The van der Waals surface area contributed by atoms with E-state index in [1.165, 1.54) is 25.7 Å². The molecule has 98 valence electrons. The van der Waals surface area contributed by atoms with Gasteiger partial charge in [0.15, 0.2) is 0 Å². The molecule has 4 nitrogen and oxygen atoms in total. The number of carbonyl (C=O) groups is 1. The molecule has 0 heterocycles. The van der Waals surface area contributed by atoms with Gasteiger partial charge in [-0.25, -0.2) is 0 Å². The third-order valence-corrected chi connectivity index (χ3v) is 3.93. The molecule has 0 aromatic carbocycles. The average Bonchev–Trinajstić information content (AvgIpc) is 2.97. The zero-order valence-corrected chi connectivity index (χ0v) is 10.3. The molecule has 0 amide bonds. The highest BCUT2D eigenvalue weighted by molar-refractivity contribution is 5.69. The molecule has 1 atom stereocenters. The molecule has 0 saturated heterocycles. The lowest BCUT2D eigenvalue weighted by Gasteiger charge is -2.24. The standard InChI is InChI=1S/C13H23NO3/c15-12(7-10-3-1-2-4-10)8-14(9-13(16)17)11-5-6-11/h10-12,15H,1-9H2,(H,16,17). The number of hydrogen-bond donors (Lipinski definition) is 2. The first kappa shape index (κ1) is 12.8. The van der Waals surface area contributed by atoms with Gasteiger partial charge in [0, 0.05) is 12.6 Å². The Morgan fingerprint density at radius 1 is 1.24 bits per heavy atom. The molecule has 2 fully saturated rings. The van der Waals surface area contributed by atoms with Gasteiger partial charge < -0.3 is 10.2 Å². The highest BCUT2D eigenvalue weighted by atomic mass is 16.4. The number of carboxylic acids is 1. The van der Waals surface area contributed by atoms with Crippen LogP contribution in [0.25, 0.3) is 0 Å². The van der Waals surface area contributed by atoms with Crippen LogP contribution in [0.15, 0.2) is 0 Å². The fourth-order valence-corrected chi connectivity index (χ4v) is 2.93. The number of hydrogen-bond acceptors (Lipinski definition) is 3. The van der Waals surface area contributed by atoms with Gasteiger partial charge in [-0.1, -0.05) is 25.7 Å². The minimum absolute atomic E-state index is 0.0758. The summed E-state index contributed by atoms with van der Waals surface area (Å²) in [6.07, 6.45) is 7.73. The maximum Gasteiger partial charge on any atom is 0.317 e. The third-order valence-electron chi connectivity index (χ3n) is 3.93. The van der Waals surface area contributed by atoms with E-state index in [0.717, 1.165) is 19.3 Å². The van der Waals surface area contributed by atoms with Gasteiger partial charge in [0.25, 0.3) is 0 Å². The van der Waals surface area contributed by atoms with Crippen molar-refractivity contribution in [2.45, 2.75) is 57.1 Å². The maximum atomic E-state index is 10.7. The zero-order valence-electron chi connectivity index (χ0n) is 10.3. The lowest BCUT2D eigenvalue weighted by molar-refractivity contribution is -0.138. The minimum Gasteiger partial charge on any atom is -0.480 e. The summed E-state index contributed by atoms with van der Waals surface area (Å²) in [5.41, 5.74) is 0. The van der Waals surface area contributed by atoms with Crippen LogP contribution in [0, 0.1) is 5.92 Å². The van der Waals surface area contributed by atoms with Gasteiger partial charge in [0.05, 0.1) is 12.6 Å². The molecule has 17 heavy (non-hydrogen) atoms. The second kappa shape index (κ2) is 5.83. The normalized spacial score (nSPS) is 23.2. The summed E-state index contributed by atoms with van der Waals surface area (Å²) >= 11 is 0. The van der Waals surface area contributed by atoms with E-state index in [1.54, 1.807) is 0 Å². The van der Waals surface area contributed by atoms with E-state index in [1.807, 2.05) is 4.90 Å². The summed E-state index contributed by atoms with van der Waals surface area (Å²) in [7, 11) is 0. The second-order valence-electron chi connectivity index (χ2n) is 5.59. The fraction of sp³-hybridized carbons (Fsp3) is 0.923. The van der Waals surface area contributed by atoms with Gasteiger partial charge in [0.2, 0.25) is 0 Å². The summed E-state index contributed by atoms with van der Waals surface area (Å²) in [5, 5.41) is 18.9. The molecular weight excluding hydrogens is 218 g/mol. The van der Waals surface area contributed by atoms with Crippen molar-refractivity contribution in [2.75, 3.05) is 13.1 Å². The average molecular weight is 241 g/mol. The van der Waals surface area contributed by atoms with Gasteiger partial charge in [-0.05, 0) is 25.2 Å². The molecule has 0 bridgehead atoms. The second-order valence-corrected chi connectivity index (χ2v) is 5.59. The van der Waals surface area contributed by atoms with Crippen molar-refractivity contribution in [1.29, 1.82) is 0 Å². The van der Waals surface area contributed by atoms with Crippen LogP contribution < -0.4 is 0 Å². The molecule has 0 aliphatic heterocycles. The van der Waals surface area contributed by atoms with Crippen LogP contribution in [0.2, 0.25) is 0 Å². The number of aliphatic carboxylic acids is 1. The summed E-state index contributed by atoms with van der Waals surface area (Å²) in [6.45, 7) is 0.611. The van der Waals surface area contributed by atoms with E-state index < -0.39 is 5.97 Å². The molecule has 2 aliphatic carbocycles. The first-order valence-corrected chi connectivity index (χ1v) is 6.79. The molecule has 1 unspecified atom stereocenters. The molecule has 2 N–H and O–H groups in total. The van der Waals surface area contributed by atoms with E-state index in [9.17, 15) is 9.90 Å². The van der Waals surface area contributed by atoms with Crippen molar-refractivity contribution in [3.8, 4) is 0 Å². The lowest BCUT2D eigenvalue weighted by Crippen LogP contribution is -2.38. The topological polar surface area (TPSA) is 60.8 Å². The predicted molar refractivity (Wildman–Crippen MR) is 64.8 cm³/mol. The van der Waals surface area contributed by atoms with Crippen molar-refractivity contribution in [3.05, 3.63) is 0 Å². The molecule has 0 spiro atoms. The molecular formula is C13H23NO3. The summed E-state index contributed by atoms with van der Waals surface area (Å²) < 4.78 is 0. The lowest BCUT2D eigenvalue weighted by atomic mass is 10.00. The first-order chi connectivity index (χ1) is 8.15. The molecule has 2 rings (SSSR count). The Bertz CT molecular complexity index is 259. The van der Waals surface area contributed by atoms with E-state index in [0.29, 0.717) is 18.5 Å². The van der Waals surface area contributed by atoms with Crippen molar-refractivity contribution < 1.29 is 15.0 Å². The molecule has 0 aromatic heterocycles. The quantitative estimate of drug-likeness (QED) is 0.708. The highest BCUT2D eigenvalue weighted by Crippen LogP contribution is 2.30. The largest absolute Gasteiger partial charge is 0.480 e. The molecule has 0 radical (unpaired) electrons. The van der Waals surface area contributed by atoms with Crippen LogP contribution >= 0.6 is 0 Å². The van der Waals surface area contributed by atoms with Crippen molar-refractivity contribution in [2.24, 2.45) is 5.92 Å². The number of rotatable bonds is 7. The number of aliphatic hydroxyl groups is 1. The van der Waals surface area contributed by atoms with Crippen molar-refractivity contribution >= 4 is 5.97 Å². The van der Waals surface area contributed by atoms with E-state index in [2.05, 4.69) is 0 Å². The monoisotopic (exact) mass is 241 g/mol. The van der Waals surface area contributed by atoms with Gasteiger partial charge in [-0.2, -0.15) is 0 Å². The van der Waals surface area contributed by atoms with Crippen LogP contribution in [0.1, 0.15) is 44.9 Å². The van der Waals surface area contributed by atoms with E-state index >= 15 is 0 Å². The molecule has 4 heteroatoms. The number of carboxylic acid groups (broad SMARTS) is 1. The Kier molecular flexibility index (Phi) is 4.40. The Morgan fingerprint density at radius 3 is 2.41 bits per heavy atom. The fourth-order valence-electron chi connectivity index (χ4n) is 2.93. The SMILES string of the molecule is O=C(O)CN(CC(O)CC1CCCC1)C1CC1. The summed E-state index contributed by atoms with van der Waals surface area (Å²) in [5.74, 6) is -0.124. The Labute approximate surface area is 103 Å². The highest BCUT2D eigenvalue weighted by Gasteiger charge is 2.32. The van der Waals surface area contributed by atoms with Gasteiger partial charge in [-0.3, -0.25) is 9.69 Å². The molecule has 2 aliphatic rings. The Morgan fingerprint density at radius 2 is 1.88 bits per heavy atom. The molecule has 0 aromatic rings. The van der Waals surface area contributed by atoms with Crippen LogP contribution in [-0.4, -0.2) is 46.3 Å². The van der Waals surface area contributed by atoms with Gasteiger partial charge >= 0.3 is 5.97 Å². The van der Waals surface area contributed by atoms with E-state index in [-0.39, 0.29) is 12.6 Å². The zero-order chi connectivity index (χ0) is 12.3. The van der Waals surface area contributed by atoms with Crippen LogP contribution in [-0.2, 0) is 4.79 Å². The summed E-state index contributed by atoms with van der Waals surface area (Å²) in [6, 6.07) is 0.407. The van der Waals surface area contributed by atoms with Crippen molar-refractivity contribution in [3.63, 3.8) is 0 Å². The van der Waals surface area contributed by atoms with Crippen LogP contribution in [0.4, 0.5) is 0 Å². The maximum absolute atomic E-state index is 10.7. The summed E-state index contributed by atoms with van der Waals surface area (Å²) in [4.78, 5) is 12.7. The van der Waals surface area contributed by atoms with Gasteiger partial charge in [0.1, 0.15) is 0 Å². The number of nitrogens with zero attached hydrogens (tertiary/aromatic N) is 1.